The number of benzene rings is 1. The molecule has 1 aliphatic heterocycles. The van der Waals surface area contributed by atoms with E-state index in [-0.39, 0.29) is 24.2 Å². The summed E-state index contributed by atoms with van der Waals surface area (Å²) in [7, 11) is 2.10. The average Bonchev–Trinajstić information content (AvgIpc) is 2.45. The Labute approximate surface area is 127 Å². The molecule has 1 unspecified atom stereocenters. The van der Waals surface area contributed by atoms with Gasteiger partial charge in [-0.3, -0.25) is 4.79 Å². The first kappa shape index (κ1) is 16.0. The lowest BCUT2D eigenvalue weighted by atomic mass is 10.0. The average molecular weight is 290 g/mol. The van der Waals surface area contributed by atoms with Gasteiger partial charge >= 0.3 is 0 Å². The molecular formula is C17H26N2O2. The van der Waals surface area contributed by atoms with Crippen LogP contribution in [0.15, 0.2) is 30.3 Å². The van der Waals surface area contributed by atoms with Crippen LogP contribution in [0.2, 0.25) is 0 Å². The molecule has 1 amide bonds. The number of amides is 1. The highest BCUT2D eigenvalue weighted by molar-refractivity contribution is 5.78. The predicted molar refractivity (Wildman–Crippen MR) is 84.1 cm³/mol. The summed E-state index contributed by atoms with van der Waals surface area (Å²) in [6.07, 6.45) is 0. The number of hydrogen-bond acceptors (Lipinski definition) is 3. The van der Waals surface area contributed by atoms with Crippen molar-refractivity contribution in [1.29, 1.82) is 0 Å². The quantitative estimate of drug-likeness (QED) is 0.856. The summed E-state index contributed by atoms with van der Waals surface area (Å²) in [4.78, 5) is 16.7. The second-order valence-corrected chi connectivity index (χ2v) is 6.68. The number of carbonyl (C=O) groups excluding carboxylic acids is 1. The normalized spacial score (nSPS) is 20.6. The Balaban J connectivity index is 2.10. The van der Waals surface area contributed by atoms with E-state index in [1.54, 1.807) is 0 Å². The van der Waals surface area contributed by atoms with Crippen molar-refractivity contribution in [1.82, 2.24) is 9.80 Å². The lowest BCUT2D eigenvalue weighted by Crippen LogP contribution is -2.50. The van der Waals surface area contributed by atoms with Gasteiger partial charge in [0.15, 0.2) is 0 Å². The molecule has 1 saturated heterocycles. The van der Waals surface area contributed by atoms with Gasteiger partial charge in [0.25, 0.3) is 0 Å². The molecule has 0 aromatic heterocycles. The summed E-state index contributed by atoms with van der Waals surface area (Å²) in [5.74, 6) is 0.0758. The topological polar surface area (TPSA) is 32.8 Å². The van der Waals surface area contributed by atoms with Gasteiger partial charge in [-0.2, -0.15) is 0 Å². The van der Waals surface area contributed by atoms with Crippen molar-refractivity contribution in [2.75, 3.05) is 33.3 Å². The van der Waals surface area contributed by atoms with Gasteiger partial charge in [0, 0.05) is 19.6 Å². The monoisotopic (exact) mass is 290 g/mol. The van der Waals surface area contributed by atoms with Crippen LogP contribution in [0.3, 0.4) is 0 Å². The number of rotatable bonds is 3. The van der Waals surface area contributed by atoms with Crippen molar-refractivity contribution >= 4 is 5.91 Å². The molecule has 1 heterocycles. The molecule has 0 N–H and O–H groups in total. The van der Waals surface area contributed by atoms with Crippen LogP contribution in [0, 0.1) is 0 Å². The molecular weight excluding hydrogens is 264 g/mol. The number of ether oxygens (including phenoxy) is 1. The highest BCUT2D eigenvalue weighted by Gasteiger charge is 2.30. The van der Waals surface area contributed by atoms with E-state index in [1.807, 2.05) is 43.9 Å². The summed E-state index contributed by atoms with van der Waals surface area (Å²) in [6, 6.07) is 10.4. The molecule has 1 aliphatic rings. The van der Waals surface area contributed by atoms with E-state index < -0.39 is 0 Å². The lowest BCUT2D eigenvalue weighted by molar-refractivity contribution is -0.146. The summed E-state index contributed by atoms with van der Waals surface area (Å²) < 4.78 is 5.65. The Morgan fingerprint density at radius 3 is 2.52 bits per heavy atom. The maximum Gasteiger partial charge on any atom is 0.249 e. The third-order valence-electron chi connectivity index (χ3n) is 3.72. The second-order valence-electron chi connectivity index (χ2n) is 6.68. The van der Waals surface area contributed by atoms with Crippen LogP contribution >= 0.6 is 0 Å². The first-order chi connectivity index (χ1) is 9.87. The van der Waals surface area contributed by atoms with Crippen LogP contribution in [0.5, 0.6) is 0 Å². The van der Waals surface area contributed by atoms with Crippen molar-refractivity contribution in [3.63, 3.8) is 0 Å². The Morgan fingerprint density at radius 2 is 1.90 bits per heavy atom. The van der Waals surface area contributed by atoms with Crippen molar-refractivity contribution in [2.24, 2.45) is 0 Å². The minimum absolute atomic E-state index is 0.0758. The van der Waals surface area contributed by atoms with Gasteiger partial charge in [-0.05, 0) is 33.4 Å². The highest BCUT2D eigenvalue weighted by atomic mass is 16.5. The summed E-state index contributed by atoms with van der Waals surface area (Å²) in [5, 5.41) is 0. The van der Waals surface area contributed by atoms with Crippen LogP contribution < -0.4 is 0 Å². The molecule has 0 spiro atoms. The van der Waals surface area contributed by atoms with Crippen molar-refractivity contribution < 1.29 is 9.53 Å². The van der Waals surface area contributed by atoms with Gasteiger partial charge < -0.3 is 14.5 Å². The smallest absolute Gasteiger partial charge is 0.249 e. The molecule has 0 radical (unpaired) electrons. The molecule has 1 atom stereocenters. The fourth-order valence-electron chi connectivity index (χ4n) is 2.54. The van der Waals surface area contributed by atoms with Crippen LogP contribution in [-0.4, -0.2) is 54.6 Å². The molecule has 4 heteroatoms. The first-order valence-corrected chi connectivity index (χ1v) is 7.54. The van der Waals surface area contributed by atoms with Crippen LogP contribution in [-0.2, 0) is 9.53 Å². The maximum absolute atomic E-state index is 12.5. The Morgan fingerprint density at radius 1 is 1.24 bits per heavy atom. The third kappa shape index (κ3) is 4.55. The Hall–Kier alpha value is -1.39. The fourth-order valence-corrected chi connectivity index (χ4v) is 2.54. The Bertz CT molecular complexity index is 467. The zero-order valence-electron chi connectivity index (χ0n) is 13.5. The van der Waals surface area contributed by atoms with Crippen LogP contribution in [0.4, 0.5) is 0 Å². The second kappa shape index (κ2) is 6.58. The summed E-state index contributed by atoms with van der Waals surface area (Å²) >= 11 is 0. The van der Waals surface area contributed by atoms with E-state index >= 15 is 0 Å². The molecule has 1 aromatic carbocycles. The van der Waals surface area contributed by atoms with Gasteiger partial charge in [0.2, 0.25) is 5.91 Å². The SMILES string of the molecule is CN1CCN(C(=O)COC(C)(C)C)C(c2ccccc2)C1. The molecule has 0 aliphatic carbocycles. The van der Waals surface area contributed by atoms with Crippen LogP contribution in [0.25, 0.3) is 0 Å². The third-order valence-corrected chi connectivity index (χ3v) is 3.72. The van der Waals surface area contributed by atoms with Crippen molar-refractivity contribution in [3.05, 3.63) is 35.9 Å². The van der Waals surface area contributed by atoms with Gasteiger partial charge in [0.1, 0.15) is 6.61 Å². The standard InChI is InChI=1S/C17H26N2O2/c1-17(2,3)21-13-16(20)19-11-10-18(4)12-15(19)14-8-6-5-7-9-14/h5-9,15H,10-13H2,1-4H3. The van der Waals surface area contributed by atoms with Crippen molar-refractivity contribution in [3.8, 4) is 0 Å². The van der Waals surface area contributed by atoms with Gasteiger partial charge in [-0.25, -0.2) is 0 Å². The number of piperazine rings is 1. The van der Waals surface area contributed by atoms with Crippen LogP contribution in [0.1, 0.15) is 32.4 Å². The Kier molecular flexibility index (Phi) is 5.01. The molecule has 2 rings (SSSR count). The van der Waals surface area contributed by atoms with E-state index in [4.69, 9.17) is 4.74 Å². The van der Waals surface area contributed by atoms with Gasteiger partial charge in [0.05, 0.1) is 11.6 Å². The minimum atomic E-state index is -0.287. The molecule has 0 bridgehead atoms. The number of nitrogens with zero attached hydrogens (tertiary/aromatic N) is 2. The largest absolute Gasteiger partial charge is 0.366 e. The zero-order chi connectivity index (χ0) is 15.5. The molecule has 21 heavy (non-hydrogen) atoms. The number of likely N-dealkylation sites (N-methyl/N-ethyl adjacent to an activating group) is 1. The lowest BCUT2D eigenvalue weighted by Gasteiger charge is -2.40. The molecule has 0 saturated carbocycles. The highest BCUT2D eigenvalue weighted by Crippen LogP contribution is 2.25. The first-order valence-electron chi connectivity index (χ1n) is 7.54. The van der Waals surface area contributed by atoms with Gasteiger partial charge in [-0.1, -0.05) is 30.3 Å². The molecule has 1 aromatic rings. The van der Waals surface area contributed by atoms with E-state index in [1.165, 1.54) is 5.56 Å². The fraction of sp³-hybridized carbons (Fsp3) is 0.588. The summed E-state index contributed by atoms with van der Waals surface area (Å²) in [5.41, 5.74) is 0.901. The predicted octanol–water partition coefficient (Wildman–Crippen LogP) is 2.32. The zero-order valence-corrected chi connectivity index (χ0v) is 13.5. The van der Waals surface area contributed by atoms with E-state index in [0.717, 1.165) is 19.6 Å². The van der Waals surface area contributed by atoms with E-state index in [0.29, 0.717) is 0 Å². The maximum atomic E-state index is 12.5. The van der Waals surface area contributed by atoms with Crippen molar-refractivity contribution in [2.45, 2.75) is 32.4 Å². The molecule has 116 valence electrons. The van der Waals surface area contributed by atoms with Gasteiger partial charge in [-0.15, -0.1) is 0 Å². The summed E-state index contributed by atoms with van der Waals surface area (Å²) in [6.45, 7) is 8.59. The molecule has 4 nitrogen and oxygen atoms in total. The number of hydrogen-bond donors (Lipinski definition) is 0. The molecule has 1 fully saturated rings. The van der Waals surface area contributed by atoms with E-state index in [2.05, 4.69) is 24.1 Å². The van der Waals surface area contributed by atoms with E-state index in [9.17, 15) is 4.79 Å². The number of carbonyl (C=O) groups is 1. The minimum Gasteiger partial charge on any atom is -0.366 e.